The van der Waals surface area contributed by atoms with Gasteiger partial charge >= 0.3 is 0 Å². The summed E-state index contributed by atoms with van der Waals surface area (Å²) in [5.41, 5.74) is 3.51. The van der Waals surface area contributed by atoms with Crippen LogP contribution >= 0.6 is 0 Å². The minimum atomic E-state index is 0.663. The summed E-state index contributed by atoms with van der Waals surface area (Å²) in [6, 6.07) is 16.7. The van der Waals surface area contributed by atoms with Gasteiger partial charge in [-0.1, -0.05) is 18.2 Å². The van der Waals surface area contributed by atoms with Crippen LogP contribution in [0.5, 0.6) is 5.75 Å². The molecule has 7 heteroatoms. The zero-order chi connectivity index (χ0) is 21.9. The van der Waals surface area contributed by atoms with Crippen LogP contribution in [-0.4, -0.2) is 71.0 Å². The summed E-state index contributed by atoms with van der Waals surface area (Å²) in [6.45, 7) is 8.93. The van der Waals surface area contributed by atoms with Crippen molar-refractivity contribution in [2.24, 2.45) is 4.99 Å². The van der Waals surface area contributed by atoms with Gasteiger partial charge in [-0.05, 0) is 36.8 Å². The summed E-state index contributed by atoms with van der Waals surface area (Å²) in [7, 11) is 3.42. The fourth-order valence-corrected chi connectivity index (χ4v) is 3.60. The van der Waals surface area contributed by atoms with E-state index >= 15 is 0 Å². The van der Waals surface area contributed by atoms with Gasteiger partial charge in [0.1, 0.15) is 5.75 Å². The standard InChI is InChI=1S/C24H35N5O2/c1-4-25-24(27-19-20-8-10-21(11-9-20)26-12-17-30-2)29-15-13-28(14-16-29)22-6-5-7-23(18-22)31-3/h5-11,18,26H,4,12-17,19H2,1-3H3,(H,25,27). The number of benzene rings is 2. The fourth-order valence-electron chi connectivity index (χ4n) is 3.60. The summed E-state index contributed by atoms with van der Waals surface area (Å²) >= 11 is 0. The van der Waals surface area contributed by atoms with Gasteiger partial charge in [-0.25, -0.2) is 4.99 Å². The summed E-state index contributed by atoms with van der Waals surface area (Å²) in [5.74, 6) is 1.88. The Bertz CT molecular complexity index is 817. The second-order valence-electron chi connectivity index (χ2n) is 7.46. The number of hydrogen-bond acceptors (Lipinski definition) is 5. The quantitative estimate of drug-likeness (QED) is 0.366. The number of aliphatic imine (C=N–C) groups is 1. The SMILES string of the molecule is CCNC(=NCc1ccc(NCCOC)cc1)N1CCN(c2cccc(OC)c2)CC1. The molecule has 1 aliphatic heterocycles. The summed E-state index contributed by atoms with van der Waals surface area (Å²) in [6.07, 6.45) is 0. The number of rotatable bonds is 9. The van der Waals surface area contributed by atoms with E-state index in [0.29, 0.717) is 13.2 Å². The van der Waals surface area contributed by atoms with E-state index in [2.05, 4.69) is 63.8 Å². The Labute approximate surface area is 186 Å². The molecule has 1 saturated heterocycles. The minimum absolute atomic E-state index is 0.663. The number of nitrogens with one attached hydrogen (secondary N) is 2. The van der Waals surface area contributed by atoms with Gasteiger partial charge in [-0.15, -0.1) is 0 Å². The number of anilines is 2. The van der Waals surface area contributed by atoms with Crippen LogP contribution in [0.15, 0.2) is 53.5 Å². The maximum atomic E-state index is 5.37. The Morgan fingerprint density at radius 1 is 1.03 bits per heavy atom. The predicted molar refractivity (Wildman–Crippen MR) is 128 cm³/mol. The Balaban J connectivity index is 1.56. The molecule has 1 heterocycles. The van der Waals surface area contributed by atoms with Crippen molar-refractivity contribution < 1.29 is 9.47 Å². The molecular weight excluding hydrogens is 390 g/mol. The Morgan fingerprint density at radius 2 is 1.81 bits per heavy atom. The van der Waals surface area contributed by atoms with Gasteiger partial charge in [0, 0.05) is 63.8 Å². The van der Waals surface area contributed by atoms with Crippen molar-refractivity contribution >= 4 is 17.3 Å². The van der Waals surface area contributed by atoms with Crippen LogP contribution in [0.4, 0.5) is 11.4 Å². The van der Waals surface area contributed by atoms with Crippen molar-refractivity contribution in [2.75, 3.05) is 70.3 Å². The highest BCUT2D eigenvalue weighted by molar-refractivity contribution is 5.80. The first-order chi connectivity index (χ1) is 15.2. The third-order valence-corrected chi connectivity index (χ3v) is 5.33. The molecule has 0 unspecified atom stereocenters. The average Bonchev–Trinajstić information content (AvgIpc) is 2.83. The van der Waals surface area contributed by atoms with Crippen molar-refractivity contribution in [3.05, 3.63) is 54.1 Å². The molecule has 2 aromatic carbocycles. The van der Waals surface area contributed by atoms with Crippen LogP contribution in [0.2, 0.25) is 0 Å². The third-order valence-electron chi connectivity index (χ3n) is 5.33. The van der Waals surface area contributed by atoms with Crippen molar-refractivity contribution in [2.45, 2.75) is 13.5 Å². The molecule has 0 spiro atoms. The second-order valence-corrected chi connectivity index (χ2v) is 7.46. The average molecular weight is 426 g/mol. The van der Waals surface area contributed by atoms with Crippen molar-refractivity contribution in [3.63, 3.8) is 0 Å². The molecule has 0 radical (unpaired) electrons. The molecule has 3 rings (SSSR count). The second kappa shape index (κ2) is 12.1. The molecule has 7 nitrogen and oxygen atoms in total. The van der Waals surface area contributed by atoms with Crippen molar-refractivity contribution in [1.82, 2.24) is 10.2 Å². The Hall–Kier alpha value is -2.93. The number of methoxy groups -OCH3 is 2. The number of hydrogen-bond donors (Lipinski definition) is 2. The molecule has 0 atom stereocenters. The normalized spacial score (nSPS) is 14.5. The van der Waals surface area contributed by atoms with E-state index in [9.17, 15) is 0 Å². The number of nitrogens with zero attached hydrogens (tertiary/aromatic N) is 3. The van der Waals surface area contributed by atoms with E-state index in [1.807, 2.05) is 12.1 Å². The zero-order valence-electron chi connectivity index (χ0n) is 18.9. The van der Waals surface area contributed by atoms with Crippen molar-refractivity contribution in [3.8, 4) is 5.75 Å². The van der Waals surface area contributed by atoms with Gasteiger partial charge in [0.2, 0.25) is 0 Å². The Morgan fingerprint density at radius 3 is 2.48 bits per heavy atom. The van der Waals surface area contributed by atoms with E-state index in [-0.39, 0.29) is 0 Å². The van der Waals surface area contributed by atoms with Gasteiger partial charge in [-0.2, -0.15) is 0 Å². The molecule has 1 fully saturated rings. The molecule has 2 N–H and O–H groups in total. The lowest BCUT2D eigenvalue weighted by atomic mass is 10.2. The van der Waals surface area contributed by atoms with Gasteiger partial charge in [0.05, 0.1) is 20.3 Å². The monoisotopic (exact) mass is 425 g/mol. The summed E-state index contributed by atoms with van der Waals surface area (Å²) < 4.78 is 10.4. The van der Waals surface area contributed by atoms with Crippen LogP contribution in [0, 0.1) is 0 Å². The first kappa shape index (κ1) is 22.7. The lowest BCUT2D eigenvalue weighted by Crippen LogP contribution is -2.52. The van der Waals surface area contributed by atoms with Gasteiger partial charge in [0.15, 0.2) is 5.96 Å². The highest BCUT2D eigenvalue weighted by Crippen LogP contribution is 2.22. The third kappa shape index (κ3) is 6.79. The first-order valence-electron chi connectivity index (χ1n) is 11.0. The number of piperazine rings is 1. The maximum absolute atomic E-state index is 5.37. The van der Waals surface area contributed by atoms with Crippen molar-refractivity contribution in [1.29, 1.82) is 0 Å². The minimum Gasteiger partial charge on any atom is -0.497 e. The molecule has 1 aliphatic rings. The molecule has 0 aliphatic carbocycles. The molecule has 0 aromatic heterocycles. The van der Waals surface area contributed by atoms with Crippen LogP contribution < -0.4 is 20.3 Å². The fraction of sp³-hybridized carbons (Fsp3) is 0.458. The Kier molecular flexibility index (Phi) is 8.84. The molecule has 0 saturated carbocycles. The highest BCUT2D eigenvalue weighted by Gasteiger charge is 2.20. The smallest absolute Gasteiger partial charge is 0.194 e. The molecule has 31 heavy (non-hydrogen) atoms. The highest BCUT2D eigenvalue weighted by atomic mass is 16.5. The van der Waals surface area contributed by atoms with E-state index in [4.69, 9.17) is 14.5 Å². The van der Waals surface area contributed by atoms with Crippen LogP contribution in [0.3, 0.4) is 0 Å². The van der Waals surface area contributed by atoms with Gasteiger partial charge < -0.3 is 29.9 Å². The summed E-state index contributed by atoms with van der Waals surface area (Å²) in [5, 5.41) is 6.79. The van der Waals surface area contributed by atoms with Crippen LogP contribution in [-0.2, 0) is 11.3 Å². The lowest BCUT2D eigenvalue weighted by Gasteiger charge is -2.37. The predicted octanol–water partition coefficient (Wildman–Crippen LogP) is 3.04. The molecule has 0 amide bonds. The maximum Gasteiger partial charge on any atom is 0.194 e. The van der Waals surface area contributed by atoms with Crippen LogP contribution in [0.25, 0.3) is 0 Å². The lowest BCUT2D eigenvalue weighted by molar-refractivity contribution is 0.211. The molecular formula is C24H35N5O2. The topological polar surface area (TPSA) is 61.4 Å². The molecule has 2 aromatic rings. The van der Waals surface area contributed by atoms with E-state index in [1.165, 1.54) is 11.3 Å². The first-order valence-corrected chi connectivity index (χ1v) is 11.0. The molecule has 168 valence electrons. The number of ether oxygens (including phenoxy) is 2. The van der Waals surface area contributed by atoms with E-state index in [1.54, 1.807) is 14.2 Å². The largest absolute Gasteiger partial charge is 0.497 e. The van der Waals surface area contributed by atoms with Gasteiger partial charge in [0.25, 0.3) is 0 Å². The van der Waals surface area contributed by atoms with Crippen LogP contribution in [0.1, 0.15) is 12.5 Å². The van der Waals surface area contributed by atoms with Gasteiger partial charge in [-0.3, -0.25) is 0 Å². The summed E-state index contributed by atoms with van der Waals surface area (Å²) in [4.78, 5) is 9.64. The zero-order valence-corrected chi connectivity index (χ0v) is 18.9. The van der Waals surface area contributed by atoms with E-state index < -0.39 is 0 Å². The number of guanidine groups is 1. The molecule has 0 bridgehead atoms. The van der Waals surface area contributed by atoms with E-state index in [0.717, 1.165) is 56.7 Å².